The number of rotatable bonds is 1. The molecule has 1 aromatic carbocycles. The molecule has 4 heteroatoms. The van der Waals surface area contributed by atoms with Crippen LogP contribution in [0.1, 0.15) is 30.6 Å². The minimum Gasteiger partial charge on any atom is -0.314 e. The van der Waals surface area contributed by atoms with Crippen LogP contribution in [0.4, 0.5) is 10.1 Å². The van der Waals surface area contributed by atoms with Crippen LogP contribution < -0.4 is 4.90 Å². The second kappa shape index (κ2) is 3.65. The second-order valence-corrected chi connectivity index (χ2v) is 4.54. The Morgan fingerprint density at radius 1 is 1.35 bits per heavy atom. The zero-order valence-corrected chi connectivity index (χ0v) is 10.1. The highest BCUT2D eigenvalue weighted by Crippen LogP contribution is 2.38. The number of nitrogens with zero attached hydrogens (tertiary/aromatic N) is 1. The number of anilines is 1. The van der Waals surface area contributed by atoms with E-state index in [0.29, 0.717) is 12.1 Å². The van der Waals surface area contributed by atoms with E-state index in [0.717, 1.165) is 0 Å². The molecule has 1 amide bonds. The molecule has 0 N–H and O–H groups in total. The van der Waals surface area contributed by atoms with E-state index in [2.05, 4.69) is 0 Å². The number of Topliss-reactive ketones (excluding diaryl/α,β-unsaturated/α-hetero) is 1. The molecule has 1 aliphatic rings. The van der Waals surface area contributed by atoms with Crippen molar-refractivity contribution in [3.8, 4) is 0 Å². The summed E-state index contributed by atoms with van der Waals surface area (Å²) in [4.78, 5) is 25.8. The Morgan fingerprint density at radius 3 is 2.59 bits per heavy atom. The third-order valence-electron chi connectivity index (χ3n) is 3.55. The third-order valence-corrected chi connectivity index (χ3v) is 3.55. The van der Waals surface area contributed by atoms with Gasteiger partial charge in [0.05, 0.1) is 5.69 Å². The predicted octanol–water partition coefficient (Wildman–Crippen LogP) is 2.40. The zero-order chi connectivity index (χ0) is 12.8. The van der Waals surface area contributed by atoms with Gasteiger partial charge in [-0.05, 0) is 31.5 Å². The molecular formula is C13H14FNO2. The highest BCUT2D eigenvalue weighted by Gasteiger charge is 2.47. The predicted molar refractivity (Wildman–Crippen MR) is 62.5 cm³/mol. The van der Waals surface area contributed by atoms with Crippen LogP contribution in [0.3, 0.4) is 0 Å². The summed E-state index contributed by atoms with van der Waals surface area (Å²) in [5.74, 6) is -0.986. The highest BCUT2D eigenvalue weighted by molar-refractivity contribution is 6.24. The number of carbonyl (C=O) groups excluding carboxylic acids is 2. The normalized spacial score (nSPS) is 23.9. The van der Waals surface area contributed by atoms with Crippen molar-refractivity contribution in [1.82, 2.24) is 0 Å². The zero-order valence-electron chi connectivity index (χ0n) is 10.1. The van der Waals surface area contributed by atoms with Crippen molar-refractivity contribution in [2.75, 3.05) is 11.9 Å². The number of benzene rings is 1. The molecule has 17 heavy (non-hydrogen) atoms. The van der Waals surface area contributed by atoms with Gasteiger partial charge in [-0.1, -0.05) is 6.92 Å². The van der Waals surface area contributed by atoms with Gasteiger partial charge >= 0.3 is 0 Å². The van der Waals surface area contributed by atoms with Gasteiger partial charge in [-0.3, -0.25) is 9.59 Å². The van der Waals surface area contributed by atoms with Crippen LogP contribution in [0.15, 0.2) is 18.2 Å². The molecule has 2 rings (SSSR count). The Morgan fingerprint density at radius 2 is 2.00 bits per heavy atom. The van der Waals surface area contributed by atoms with Gasteiger partial charge in [0, 0.05) is 12.6 Å². The van der Waals surface area contributed by atoms with Crippen molar-refractivity contribution in [1.29, 1.82) is 0 Å². The lowest BCUT2D eigenvalue weighted by molar-refractivity contribution is -0.125. The minimum atomic E-state index is -1.07. The molecule has 0 spiro atoms. The van der Waals surface area contributed by atoms with Gasteiger partial charge in [0.2, 0.25) is 5.91 Å². The molecule has 0 aromatic heterocycles. The van der Waals surface area contributed by atoms with Crippen LogP contribution in [-0.2, 0) is 4.79 Å². The summed E-state index contributed by atoms with van der Waals surface area (Å²) in [6, 6.07) is 3.93. The first kappa shape index (κ1) is 11.8. The molecule has 0 radical (unpaired) electrons. The van der Waals surface area contributed by atoms with Crippen LogP contribution in [0.5, 0.6) is 0 Å². The SMILES string of the molecule is CCC1(C)C(=O)c2cc(F)ccc2N(C)C1=O. The molecule has 0 saturated heterocycles. The Labute approximate surface area is 99.2 Å². The number of amides is 1. The van der Waals surface area contributed by atoms with Crippen LogP contribution in [0, 0.1) is 11.2 Å². The summed E-state index contributed by atoms with van der Waals surface area (Å²) in [7, 11) is 1.61. The van der Waals surface area contributed by atoms with Crippen molar-refractivity contribution in [3.63, 3.8) is 0 Å². The molecular weight excluding hydrogens is 221 g/mol. The molecule has 1 aromatic rings. The maximum absolute atomic E-state index is 13.2. The molecule has 90 valence electrons. The quantitative estimate of drug-likeness (QED) is 0.701. The number of halogens is 1. The number of hydrogen-bond acceptors (Lipinski definition) is 2. The molecule has 1 heterocycles. The van der Waals surface area contributed by atoms with Crippen molar-refractivity contribution in [2.45, 2.75) is 20.3 Å². The van der Waals surface area contributed by atoms with Crippen LogP contribution in [0.25, 0.3) is 0 Å². The first-order chi connectivity index (χ1) is 7.91. The standard InChI is InChI=1S/C13H14FNO2/c1-4-13(2)11(16)9-7-8(14)5-6-10(9)15(3)12(13)17/h5-7H,4H2,1-3H3. The summed E-state index contributed by atoms with van der Waals surface area (Å²) < 4.78 is 13.2. The summed E-state index contributed by atoms with van der Waals surface area (Å²) in [5, 5.41) is 0. The first-order valence-corrected chi connectivity index (χ1v) is 5.54. The van der Waals surface area contributed by atoms with Gasteiger partial charge in [0.25, 0.3) is 0 Å². The summed E-state index contributed by atoms with van der Waals surface area (Å²) >= 11 is 0. The Bertz CT molecular complexity index is 512. The monoisotopic (exact) mass is 235 g/mol. The summed E-state index contributed by atoms with van der Waals surface area (Å²) in [6.45, 7) is 3.40. The molecule has 0 saturated carbocycles. The number of carbonyl (C=O) groups is 2. The van der Waals surface area contributed by atoms with Crippen LogP contribution >= 0.6 is 0 Å². The topological polar surface area (TPSA) is 37.4 Å². The summed E-state index contributed by atoms with van der Waals surface area (Å²) in [5.41, 5.74) is -0.306. The first-order valence-electron chi connectivity index (χ1n) is 5.54. The molecule has 1 atom stereocenters. The average Bonchev–Trinajstić information content (AvgIpc) is 2.33. The van der Waals surface area contributed by atoms with E-state index in [9.17, 15) is 14.0 Å². The summed E-state index contributed by atoms with van der Waals surface area (Å²) in [6.07, 6.45) is 0.408. The number of hydrogen-bond donors (Lipinski definition) is 0. The van der Waals surface area contributed by atoms with Gasteiger partial charge in [-0.25, -0.2) is 4.39 Å². The fourth-order valence-electron chi connectivity index (χ4n) is 2.17. The molecule has 0 fully saturated rings. The largest absolute Gasteiger partial charge is 0.314 e. The molecule has 3 nitrogen and oxygen atoms in total. The van der Waals surface area contributed by atoms with Gasteiger partial charge in [-0.15, -0.1) is 0 Å². The lowest BCUT2D eigenvalue weighted by Crippen LogP contribution is -2.49. The van der Waals surface area contributed by atoms with E-state index >= 15 is 0 Å². The van der Waals surface area contributed by atoms with E-state index in [1.807, 2.05) is 0 Å². The van der Waals surface area contributed by atoms with Crippen LogP contribution in [0.2, 0.25) is 0 Å². The van der Waals surface area contributed by atoms with Gasteiger partial charge in [-0.2, -0.15) is 0 Å². The van der Waals surface area contributed by atoms with E-state index in [1.54, 1.807) is 20.9 Å². The lowest BCUT2D eigenvalue weighted by Gasteiger charge is -2.36. The Balaban J connectivity index is 2.68. The molecule has 1 aliphatic heterocycles. The van der Waals surface area contributed by atoms with E-state index in [-0.39, 0.29) is 17.3 Å². The van der Waals surface area contributed by atoms with Crippen molar-refractivity contribution in [3.05, 3.63) is 29.6 Å². The van der Waals surface area contributed by atoms with E-state index in [4.69, 9.17) is 0 Å². The lowest BCUT2D eigenvalue weighted by atomic mass is 9.75. The average molecular weight is 235 g/mol. The third kappa shape index (κ3) is 1.47. The van der Waals surface area contributed by atoms with Gasteiger partial charge in [0.15, 0.2) is 5.78 Å². The maximum atomic E-state index is 13.2. The fraction of sp³-hybridized carbons (Fsp3) is 0.385. The van der Waals surface area contributed by atoms with E-state index < -0.39 is 11.2 Å². The highest BCUT2D eigenvalue weighted by atomic mass is 19.1. The van der Waals surface area contributed by atoms with Crippen molar-refractivity contribution >= 4 is 17.4 Å². The Hall–Kier alpha value is -1.71. The molecule has 0 aliphatic carbocycles. The van der Waals surface area contributed by atoms with Crippen LogP contribution in [-0.4, -0.2) is 18.7 Å². The number of fused-ring (bicyclic) bond motifs is 1. The van der Waals surface area contributed by atoms with Gasteiger partial charge < -0.3 is 4.90 Å². The van der Waals surface area contributed by atoms with Crippen molar-refractivity contribution in [2.24, 2.45) is 5.41 Å². The molecule has 1 unspecified atom stereocenters. The second-order valence-electron chi connectivity index (χ2n) is 4.54. The number of ketones is 1. The maximum Gasteiger partial charge on any atom is 0.240 e. The van der Waals surface area contributed by atoms with E-state index in [1.165, 1.54) is 23.1 Å². The smallest absolute Gasteiger partial charge is 0.240 e. The Kier molecular flexibility index (Phi) is 2.53. The van der Waals surface area contributed by atoms with Crippen molar-refractivity contribution < 1.29 is 14.0 Å². The molecule has 0 bridgehead atoms. The van der Waals surface area contributed by atoms with Gasteiger partial charge in [0.1, 0.15) is 11.2 Å². The fourth-order valence-corrected chi connectivity index (χ4v) is 2.17. The minimum absolute atomic E-state index is 0.232.